The molecule has 0 aliphatic rings. The Bertz CT molecular complexity index is 882. The van der Waals surface area contributed by atoms with E-state index in [-0.39, 0.29) is 11.9 Å². The molecule has 3 aromatic rings. The van der Waals surface area contributed by atoms with Crippen molar-refractivity contribution in [3.8, 4) is 11.5 Å². The zero-order chi connectivity index (χ0) is 18.0. The topological polar surface area (TPSA) is 59.2 Å². The number of carbonyl (C=O) groups excluding carboxylic acids is 1. The van der Waals surface area contributed by atoms with Crippen LogP contribution in [0.3, 0.4) is 0 Å². The molecule has 1 aromatic carbocycles. The van der Waals surface area contributed by atoms with Gasteiger partial charge in [-0.3, -0.25) is 4.79 Å². The summed E-state index contributed by atoms with van der Waals surface area (Å²) in [6, 6.07) is 11.6. The Balaban J connectivity index is 1.87. The average Bonchev–Trinajstić information content (AvgIpc) is 3.20. The minimum atomic E-state index is -0.000796. The Kier molecular flexibility index (Phi) is 4.99. The van der Waals surface area contributed by atoms with Crippen LogP contribution in [0.25, 0.3) is 11.5 Å². The highest BCUT2D eigenvalue weighted by molar-refractivity contribution is 7.11. The first kappa shape index (κ1) is 17.4. The third-order valence-corrected chi connectivity index (χ3v) is 4.87. The lowest BCUT2D eigenvalue weighted by Gasteiger charge is -2.26. The van der Waals surface area contributed by atoms with Gasteiger partial charge in [-0.15, -0.1) is 21.5 Å². The van der Waals surface area contributed by atoms with E-state index in [1.807, 2.05) is 43.0 Å². The van der Waals surface area contributed by atoms with Crippen LogP contribution >= 0.6 is 11.3 Å². The molecule has 3 rings (SSSR count). The molecule has 5 nitrogen and oxygen atoms in total. The molecule has 2 heterocycles. The lowest BCUT2D eigenvalue weighted by atomic mass is 10.1. The lowest BCUT2D eigenvalue weighted by Crippen LogP contribution is -2.36. The van der Waals surface area contributed by atoms with Gasteiger partial charge in [0.25, 0.3) is 5.91 Å². The molecular formula is C19H21N3O2S. The average molecular weight is 355 g/mol. The van der Waals surface area contributed by atoms with Crippen LogP contribution in [0.15, 0.2) is 40.8 Å². The first-order valence-electron chi connectivity index (χ1n) is 8.21. The number of thiophene rings is 1. The van der Waals surface area contributed by atoms with E-state index in [2.05, 4.69) is 29.3 Å². The van der Waals surface area contributed by atoms with Gasteiger partial charge in [-0.2, -0.15) is 0 Å². The smallest absolute Gasteiger partial charge is 0.254 e. The first-order valence-corrected chi connectivity index (χ1v) is 9.02. The predicted molar refractivity (Wildman–Crippen MR) is 98.5 cm³/mol. The summed E-state index contributed by atoms with van der Waals surface area (Å²) >= 11 is 1.72. The molecule has 0 aliphatic carbocycles. The number of rotatable bonds is 5. The van der Waals surface area contributed by atoms with Crippen LogP contribution in [0.1, 0.15) is 39.9 Å². The number of aryl methyl sites for hydroxylation is 2. The molecule has 0 aliphatic heterocycles. The van der Waals surface area contributed by atoms with Gasteiger partial charge in [-0.1, -0.05) is 6.07 Å². The fourth-order valence-electron chi connectivity index (χ4n) is 2.59. The fraction of sp³-hybridized carbons (Fsp3) is 0.316. The fourth-order valence-corrected chi connectivity index (χ4v) is 3.48. The van der Waals surface area contributed by atoms with Crippen LogP contribution in [0.2, 0.25) is 0 Å². The van der Waals surface area contributed by atoms with Crippen LogP contribution in [-0.4, -0.2) is 27.0 Å². The first-order chi connectivity index (χ1) is 11.9. The molecule has 0 radical (unpaired) electrons. The van der Waals surface area contributed by atoms with Crippen molar-refractivity contribution in [2.45, 2.75) is 40.3 Å². The second kappa shape index (κ2) is 7.19. The third kappa shape index (κ3) is 3.96. The third-order valence-electron chi connectivity index (χ3n) is 3.89. The molecule has 0 spiro atoms. The molecule has 25 heavy (non-hydrogen) atoms. The lowest BCUT2D eigenvalue weighted by molar-refractivity contribution is 0.0692. The monoisotopic (exact) mass is 355 g/mol. The molecule has 2 aromatic heterocycles. The van der Waals surface area contributed by atoms with E-state index >= 15 is 0 Å². The molecule has 0 atom stereocenters. The summed E-state index contributed by atoms with van der Waals surface area (Å²) in [6.07, 6.45) is 0. The van der Waals surface area contributed by atoms with Gasteiger partial charge in [0.1, 0.15) is 0 Å². The SMILES string of the molecule is Cc1nnc(-c2cccc(C(=O)N(Cc3ccc(C)s3)C(C)C)c2)o1. The molecule has 0 fully saturated rings. The van der Waals surface area contributed by atoms with Gasteiger partial charge in [0.05, 0.1) is 6.54 Å². The van der Waals surface area contributed by atoms with Crippen LogP contribution in [0, 0.1) is 13.8 Å². The van der Waals surface area contributed by atoms with E-state index in [1.54, 1.807) is 18.3 Å². The van der Waals surface area contributed by atoms with Crippen LogP contribution in [0.5, 0.6) is 0 Å². The molecule has 0 saturated carbocycles. The van der Waals surface area contributed by atoms with Gasteiger partial charge >= 0.3 is 0 Å². The van der Waals surface area contributed by atoms with Crippen LogP contribution < -0.4 is 0 Å². The Morgan fingerprint density at radius 2 is 2.00 bits per heavy atom. The molecule has 0 bridgehead atoms. The van der Waals surface area contributed by atoms with Crippen molar-refractivity contribution in [3.63, 3.8) is 0 Å². The van der Waals surface area contributed by atoms with Gasteiger partial charge in [0.2, 0.25) is 11.8 Å². The summed E-state index contributed by atoms with van der Waals surface area (Å²) in [5, 5.41) is 7.88. The van der Waals surface area contributed by atoms with Gasteiger partial charge in [-0.25, -0.2) is 0 Å². The molecule has 0 saturated heterocycles. The van der Waals surface area contributed by atoms with Gasteiger partial charge in [0.15, 0.2) is 0 Å². The minimum absolute atomic E-state index is 0.000796. The normalized spacial score (nSPS) is 11.1. The molecule has 0 N–H and O–H groups in total. The summed E-state index contributed by atoms with van der Waals surface area (Å²) in [7, 11) is 0. The number of amides is 1. The maximum Gasteiger partial charge on any atom is 0.254 e. The molecule has 130 valence electrons. The Labute approximate surface area is 151 Å². The number of hydrogen-bond acceptors (Lipinski definition) is 5. The Morgan fingerprint density at radius 3 is 2.60 bits per heavy atom. The zero-order valence-electron chi connectivity index (χ0n) is 14.8. The number of aromatic nitrogens is 2. The zero-order valence-corrected chi connectivity index (χ0v) is 15.6. The number of benzene rings is 1. The van der Waals surface area contributed by atoms with E-state index in [0.717, 1.165) is 5.56 Å². The standard InChI is InChI=1S/C19H21N3O2S/c1-12(2)22(11-17-9-8-13(3)25-17)19(23)16-7-5-6-15(10-16)18-21-20-14(4)24-18/h5-10,12H,11H2,1-4H3. The van der Waals surface area contributed by atoms with Gasteiger partial charge in [-0.05, 0) is 51.1 Å². The predicted octanol–water partition coefficient (Wildman–Crippen LogP) is 4.47. The Hall–Kier alpha value is -2.47. The van der Waals surface area contributed by atoms with Gasteiger partial charge < -0.3 is 9.32 Å². The van der Waals surface area contributed by atoms with Crippen molar-refractivity contribution in [3.05, 3.63) is 57.6 Å². The molecular weight excluding hydrogens is 334 g/mol. The van der Waals surface area contributed by atoms with E-state index in [0.29, 0.717) is 23.9 Å². The molecule has 6 heteroatoms. The summed E-state index contributed by atoms with van der Waals surface area (Å²) < 4.78 is 5.47. The number of hydrogen-bond donors (Lipinski definition) is 0. The van der Waals surface area contributed by atoms with Crippen LogP contribution in [-0.2, 0) is 6.54 Å². The largest absolute Gasteiger partial charge is 0.421 e. The summed E-state index contributed by atoms with van der Waals surface area (Å²) in [5.41, 5.74) is 1.37. The molecule has 1 amide bonds. The van der Waals surface area contributed by atoms with E-state index in [1.165, 1.54) is 9.75 Å². The van der Waals surface area contributed by atoms with Crippen LogP contribution in [0.4, 0.5) is 0 Å². The van der Waals surface area contributed by atoms with Crippen molar-refractivity contribution < 1.29 is 9.21 Å². The maximum atomic E-state index is 13.1. The highest BCUT2D eigenvalue weighted by atomic mass is 32.1. The summed E-state index contributed by atoms with van der Waals surface area (Å²) in [6.45, 7) is 8.49. The number of nitrogens with zero attached hydrogens (tertiary/aromatic N) is 3. The highest BCUT2D eigenvalue weighted by Crippen LogP contribution is 2.23. The van der Waals surface area contributed by atoms with Crippen molar-refractivity contribution in [1.29, 1.82) is 0 Å². The van der Waals surface area contributed by atoms with Crippen molar-refractivity contribution in [2.24, 2.45) is 0 Å². The second-order valence-electron chi connectivity index (χ2n) is 6.25. The van der Waals surface area contributed by atoms with Crippen molar-refractivity contribution >= 4 is 17.2 Å². The number of carbonyl (C=O) groups is 1. The second-order valence-corrected chi connectivity index (χ2v) is 7.62. The maximum absolute atomic E-state index is 13.1. The van der Waals surface area contributed by atoms with Gasteiger partial charge in [0, 0.05) is 33.8 Å². The summed E-state index contributed by atoms with van der Waals surface area (Å²) in [5.74, 6) is 0.930. The minimum Gasteiger partial charge on any atom is -0.421 e. The van der Waals surface area contributed by atoms with E-state index < -0.39 is 0 Å². The quantitative estimate of drug-likeness (QED) is 0.678. The van der Waals surface area contributed by atoms with Crippen molar-refractivity contribution in [2.75, 3.05) is 0 Å². The Morgan fingerprint density at radius 1 is 1.20 bits per heavy atom. The van der Waals surface area contributed by atoms with E-state index in [4.69, 9.17) is 4.42 Å². The summed E-state index contributed by atoms with van der Waals surface area (Å²) in [4.78, 5) is 17.4. The molecule has 0 unspecified atom stereocenters. The van der Waals surface area contributed by atoms with Crippen molar-refractivity contribution in [1.82, 2.24) is 15.1 Å². The van der Waals surface area contributed by atoms with E-state index in [9.17, 15) is 4.79 Å². The highest BCUT2D eigenvalue weighted by Gasteiger charge is 2.20.